The van der Waals surface area contributed by atoms with Gasteiger partial charge in [-0.3, -0.25) is 0 Å². The second kappa shape index (κ2) is 7.12. The van der Waals surface area contributed by atoms with Gasteiger partial charge in [0.15, 0.2) is 0 Å². The summed E-state index contributed by atoms with van der Waals surface area (Å²) in [5.41, 5.74) is 2.09. The van der Waals surface area contributed by atoms with E-state index < -0.39 is 6.10 Å². The van der Waals surface area contributed by atoms with E-state index in [0.29, 0.717) is 22.8 Å². The zero-order chi connectivity index (χ0) is 15.2. The van der Waals surface area contributed by atoms with E-state index in [-0.39, 0.29) is 6.61 Å². The molecule has 0 bridgehead atoms. The summed E-state index contributed by atoms with van der Waals surface area (Å²) in [6.45, 7) is 2.21. The number of ether oxygens (including phenoxy) is 1. The van der Waals surface area contributed by atoms with E-state index >= 15 is 0 Å². The lowest BCUT2D eigenvalue weighted by atomic mass is 10.1. The summed E-state index contributed by atoms with van der Waals surface area (Å²) in [7, 11) is 0. The van der Waals surface area contributed by atoms with Gasteiger partial charge in [-0.15, -0.1) is 0 Å². The van der Waals surface area contributed by atoms with E-state index in [0.717, 1.165) is 11.1 Å². The molecule has 1 unspecified atom stereocenters. The van der Waals surface area contributed by atoms with Crippen molar-refractivity contribution in [1.82, 2.24) is 0 Å². The van der Waals surface area contributed by atoms with Crippen LogP contribution in [-0.2, 0) is 6.61 Å². The molecule has 2 aromatic carbocycles. The highest BCUT2D eigenvalue weighted by Crippen LogP contribution is 2.28. The van der Waals surface area contributed by atoms with Crippen LogP contribution in [0.25, 0.3) is 0 Å². The van der Waals surface area contributed by atoms with Crippen LogP contribution in [0.4, 0.5) is 0 Å². The third-order valence-corrected chi connectivity index (χ3v) is 3.58. The van der Waals surface area contributed by atoms with Crippen molar-refractivity contribution in [2.75, 3.05) is 0 Å². The molecule has 0 aromatic heterocycles. The van der Waals surface area contributed by atoms with Crippen molar-refractivity contribution < 1.29 is 9.84 Å². The molecular formula is C17H16ClNO2. The number of halogens is 1. The number of hydrogen-bond acceptors (Lipinski definition) is 3. The summed E-state index contributed by atoms with van der Waals surface area (Å²) in [5.74, 6) is 0.646. The number of nitrogens with zero attached hydrogens (tertiary/aromatic N) is 1. The first kappa shape index (κ1) is 15.4. The molecule has 0 heterocycles. The molecule has 2 aromatic rings. The number of aliphatic hydroxyl groups is 1. The van der Waals surface area contributed by atoms with Gasteiger partial charge in [-0.05, 0) is 24.6 Å². The van der Waals surface area contributed by atoms with Gasteiger partial charge in [0, 0.05) is 16.1 Å². The molecule has 2 rings (SSSR count). The molecule has 0 amide bonds. The lowest BCUT2D eigenvalue weighted by Gasteiger charge is -2.15. The summed E-state index contributed by atoms with van der Waals surface area (Å²) >= 11 is 6.12. The van der Waals surface area contributed by atoms with Crippen LogP contribution >= 0.6 is 11.6 Å². The molecule has 1 atom stereocenters. The first-order valence-electron chi connectivity index (χ1n) is 6.74. The Morgan fingerprint density at radius 2 is 2.05 bits per heavy atom. The van der Waals surface area contributed by atoms with Crippen molar-refractivity contribution >= 4 is 11.6 Å². The minimum absolute atomic E-state index is 0.290. The van der Waals surface area contributed by atoms with E-state index in [4.69, 9.17) is 21.6 Å². The van der Waals surface area contributed by atoms with Gasteiger partial charge in [0.2, 0.25) is 0 Å². The van der Waals surface area contributed by atoms with Crippen LogP contribution < -0.4 is 4.74 Å². The molecule has 0 radical (unpaired) electrons. The Balaban J connectivity index is 2.16. The van der Waals surface area contributed by atoms with Gasteiger partial charge in [0.05, 0.1) is 17.7 Å². The number of rotatable bonds is 5. The van der Waals surface area contributed by atoms with Crippen molar-refractivity contribution in [3.8, 4) is 11.8 Å². The van der Waals surface area contributed by atoms with E-state index in [1.54, 1.807) is 18.2 Å². The maximum Gasteiger partial charge on any atom is 0.125 e. The molecule has 0 spiro atoms. The smallest absolute Gasteiger partial charge is 0.125 e. The Labute approximate surface area is 129 Å². The highest BCUT2D eigenvalue weighted by molar-refractivity contribution is 6.31. The summed E-state index contributed by atoms with van der Waals surface area (Å²) < 4.78 is 5.77. The van der Waals surface area contributed by atoms with Gasteiger partial charge in [-0.25, -0.2) is 0 Å². The molecular weight excluding hydrogens is 286 g/mol. The van der Waals surface area contributed by atoms with Gasteiger partial charge in [0.25, 0.3) is 0 Å². The molecule has 21 heavy (non-hydrogen) atoms. The predicted octanol–water partition coefficient (Wildman–Crippen LogP) is 4.23. The number of para-hydroxylation sites is 1. The number of hydrogen-bond donors (Lipinski definition) is 1. The predicted molar refractivity (Wildman–Crippen MR) is 82.2 cm³/mol. The van der Waals surface area contributed by atoms with Crippen LogP contribution in [0.15, 0.2) is 42.5 Å². The van der Waals surface area contributed by atoms with Crippen molar-refractivity contribution in [2.45, 2.75) is 26.1 Å². The molecule has 1 N–H and O–H groups in total. The van der Waals surface area contributed by atoms with Crippen LogP contribution in [0, 0.1) is 11.3 Å². The fourth-order valence-electron chi connectivity index (χ4n) is 2.00. The van der Waals surface area contributed by atoms with Crippen molar-refractivity contribution in [1.29, 1.82) is 5.26 Å². The average molecular weight is 302 g/mol. The van der Waals surface area contributed by atoms with E-state index in [1.807, 2.05) is 37.3 Å². The standard InChI is InChI=1S/C17H16ClNO2/c1-2-16(20)14-5-3-4-6-17(14)21-11-13-8-7-12(10-19)9-15(13)18/h3-9,16,20H,2,11H2,1H3. The van der Waals surface area contributed by atoms with E-state index in [2.05, 4.69) is 0 Å². The highest BCUT2D eigenvalue weighted by atomic mass is 35.5. The van der Waals surface area contributed by atoms with Crippen LogP contribution in [0.5, 0.6) is 5.75 Å². The molecule has 0 aliphatic heterocycles. The van der Waals surface area contributed by atoms with Gasteiger partial charge in [0.1, 0.15) is 12.4 Å². The normalized spacial score (nSPS) is 11.7. The number of aliphatic hydroxyl groups excluding tert-OH is 1. The third kappa shape index (κ3) is 3.75. The Morgan fingerprint density at radius 3 is 2.71 bits per heavy atom. The first-order chi connectivity index (χ1) is 10.2. The fourth-order valence-corrected chi connectivity index (χ4v) is 2.23. The molecule has 3 nitrogen and oxygen atoms in total. The fraction of sp³-hybridized carbons (Fsp3) is 0.235. The minimum atomic E-state index is -0.544. The van der Waals surface area contributed by atoms with Crippen molar-refractivity contribution in [3.63, 3.8) is 0 Å². The maximum atomic E-state index is 9.99. The quantitative estimate of drug-likeness (QED) is 0.899. The summed E-state index contributed by atoms with van der Waals surface area (Å²) in [4.78, 5) is 0. The summed E-state index contributed by atoms with van der Waals surface area (Å²) in [5, 5.41) is 19.3. The van der Waals surface area contributed by atoms with E-state index in [9.17, 15) is 5.11 Å². The minimum Gasteiger partial charge on any atom is -0.488 e. The molecule has 0 saturated heterocycles. The van der Waals surface area contributed by atoms with E-state index in [1.165, 1.54) is 0 Å². The largest absolute Gasteiger partial charge is 0.488 e. The van der Waals surface area contributed by atoms with Crippen LogP contribution in [0.1, 0.15) is 36.1 Å². The van der Waals surface area contributed by atoms with Gasteiger partial charge >= 0.3 is 0 Å². The second-order valence-electron chi connectivity index (χ2n) is 4.67. The third-order valence-electron chi connectivity index (χ3n) is 3.23. The molecule has 108 valence electrons. The van der Waals surface area contributed by atoms with Gasteiger partial charge in [-0.1, -0.05) is 42.8 Å². The van der Waals surface area contributed by atoms with Crippen LogP contribution in [0.3, 0.4) is 0 Å². The van der Waals surface area contributed by atoms with Gasteiger partial charge < -0.3 is 9.84 Å². The van der Waals surface area contributed by atoms with Crippen molar-refractivity contribution in [2.24, 2.45) is 0 Å². The molecule has 0 saturated carbocycles. The Hall–Kier alpha value is -2.02. The number of nitriles is 1. The maximum absolute atomic E-state index is 9.99. The SMILES string of the molecule is CCC(O)c1ccccc1OCc1ccc(C#N)cc1Cl. The monoisotopic (exact) mass is 301 g/mol. The summed E-state index contributed by atoms with van der Waals surface area (Å²) in [6, 6.07) is 14.6. The zero-order valence-corrected chi connectivity index (χ0v) is 12.5. The lowest BCUT2D eigenvalue weighted by Crippen LogP contribution is -2.02. The Morgan fingerprint density at radius 1 is 1.29 bits per heavy atom. The second-order valence-corrected chi connectivity index (χ2v) is 5.08. The zero-order valence-electron chi connectivity index (χ0n) is 11.7. The Bertz CT molecular complexity index is 664. The average Bonchev–Trinajstić information content (AvgIpc) is 2.53. The summed E-state index contributed by atoms with van der Waals surface area (Å²) in [6.07, 6.45) is 0.0792. The van der Waals surface area contributed by atoms with Gasteiger partial charge in [-0.2, -0.15) is 5.26 Å². The molecule has 0 fully saturated rings. The first-order valence-corrected chi connectivity index (χ1v) is 7.11. The molecule has 0 aliphatic carbocycles. The Kier molecular flexibility index (Phi) is 5.21. The van der Waals surface area contributed by atoms with Crippen molar-refractivity contribution in [3.05, 3.63) is 64.2 Å². The topological polar surface area (TPSA) is 53.2 Å². The lowest BCUT2D eigenvalue weighted by molar-refractivity contribution is 0.166. The number of benzene rings is 2. The molecule has 4 heteroatoms. The van der Waals surface area contributed by atoms with Crippen LogP contribution in [-0.4, -0.2) is 5.11 Å². The highest BCUT2D eigenvalue weighted by Gasteiger charge is 2.11. The van der Waals surface area contributed by atoms with Crippen LogP contribution in [0.2, 0.25) is 5.02 Å². The molecule has 0 aliphatic rings.